The first-order valence-corrected chi connectivity index (χ1v) is 10.7. The van der Waals surface area contributed by atoms with E-state index >= 15 is 0 Å². The van der Waals surface area contributed by atoms with Gasteiger partial charge in [0.05, 0.1) is 28.0 Å². The number of rotatable bonds is 3. The number of benzene rings is 2. The molecule has 0 saturated heterocycles. The number of non-ortho nitro benzene ring substituents is 1. The lowest BCUT2D eigenvalue weighted by molar-refractivity contribution is -0.384. The van der Waals surface area contributed by atoms with Crippen LogP contribution in [0.3, 0.4) is 0 Å². The van der Waals surface area contributed by atoms with Crippen LogP contribution in [-0.4, -0.2) is 10.7 Å². The lowest BCUT2D eigenvalue weighted by Gasteiger charge is -2.43. The minimum Gasteiger partial charge on any atom is -0.384 e. The van der Waals surface area contributed by atoms with E-state index in [-0.39, 0.29) is 40.5 Å². The highest BCUT2D eigenvalue weighted by Crippen LogP contribution is 2.50. The first-order valence-electron chi connectivity index (χ1n) is 10.7. The van der Waals surface area contributed by atoms with Crippen molar-refractivity contribution in [2.75, 3.05) is 4.90 Å². The Balaban J connectivity index is 2.00. The summed E-state index contributed by atoms with van der Waals surface area (Å²) in [7, 11) is 0. The molecule has 2 aromatic carbocycles. The number of halogens is 3. The number of nitriles is 1. The second-order valence-electron chi connectivity index (χ2n) is 9.38. The van der Waals surface area contributed by atoms with Gasteiger partial charge in [-0.05, 0) is 35.6 Å². The Morgan fingerprint density at radius 1 is 1.17 bits per heavy atom. The topological polar surface area (TPSA) is 113 Å². The molecule has 0 aromatic heterocycles. The third kappa shape index (κ3) is 4.25. The van der Waals surface area contributed by atoms with Crippen LogP contribution in [0.5, 0.6) is 0 Å². The number of hydrogen-bond acceptors (Lipinski definition) is 6. The second-order valence-corrected chi connectivity index (χ2v) is 9.38. The van der Waals surface area contributed by atoms with E-state index < -0.39 is 28.0 Å². The molecule has 1 aliphatic carbocycles. The normalized spacial score (nSPS) is 19.9. The van der Waals surface area contributed by atoms with Crippen molar-refractivity contribution in [1.29, 1.82) is 5.26 Å². The number of carbonyl (C=O) groups is 1. The van der Waals surface area contributed by atoms with E-state index in [1.807, 2.05) is 19.9 Å². The molecule has 10 heteroatoms. The minimum atomic E-state index is -4.60. The van der Waals surface area contributed by atoms with Crippen LogP contribution in [0.25, 0.3) is 0 Å². The zero-order valence-electron chi connectivity index (χ0n) is 18.9. The number of nitro benzene ring substituents is 1. The number of Topliss-reactive ketones (excluding diaryl/α,β-unsaturated/α-hetero) is 1. The van der Waals surface area contributed by atoms with Gasteiger partial charge >= 0.3 is 6.18 Å². The molecule has 1 atom stereocenters. The zero-order valence-corrected chi connectivity index (χ0v) is 18.9. The molecule has 4 rings (SSSR count). The average molecular weight is 482 g/mol. The van der Waals surface area contributed by atoms with Gasteiger partial charge in [0.1, 0.15) is 5.82 Å². The number of hydrogen-bond donors (Lipinski definition) is 1. The van der Waals surface area contributed by atoms with E-state index in [9.17, 15) is 33.3 Å². The van der Waals surface area contributed by atoms with Crippen LogP contribution in [0.2, 0.25) is 0 Å². The van der Waals surface area contributed by atoms with Gasteiger partial charge in [0.15, 0.2) is 5.78 Å². The highest BCUT2D eigenvalue weighted by Gasteiger charge is 2.45. The molecule has 180 valence electrons. The Morgan fingerprint density at radius 2 is 1.86 bits per heavy atom. The van der Waals surface area contributed by atoms with Crippen molar-refractivity contribution < 1.29 is 22.9 Å². The summed E-state index contributed by atoms with van der Waals surface area (Å²) in [4.78, 5) is 25.6. The SMILES string of the molecule is CC1(C)CC(=O)C2=C(C1)N(c1cccc(C(F)(F)F)c1)C(N)=C(C#N)[C@@H]2c1cccc([N+](=O)[O-])c1. The van der Waals surface area contributed by atoms with Crippen molar-refractivity contribution in [3.63, 3.8) is 0 Å². The molecule has 2 aromatic rings. The predicted molar refractivity (Wildman–Crippen MR) is 122 cm³/mol. The van der Waals surface area contributed by atoms with Crippen molar-refractivity contribution in [3.05, 3.63) is 92.4 Å². The Bertz CT molecular complexity index is 1350. The molecule has 0 amide bonds. The summed E-state index contributed by atoms with van der Waals surface area (Å²) in [5.74, 6) is -1.38. The summed E-state index contributed by atoms with van der Waals surface area (Å²) < 4.78 is 40.3. The van der Waals surface area contributed by atoms with Crippen LogP contribution in [0, 0.1) is 26.9 Å². The van der Waals surface area contributed by atoms with E-state index in [0.29, 0.717) is 17.7 Å². The molecule has 35 heavy (non-hydrogen) atoms. The van der Waals surface area contributed by atoms with Crippen LogP contribution >= 0.6 is 0 Å². The lowest BCUT2D eigenvalue weighted by Crippen LogP contribution is -2.42. The van der Waals surface area contributed by atoms with Crippen molar-refractivity contribution in [2.45, 2.75) is 38.8 Å². The zero-order chi connectivity index (χ0) is 25.7. The number of nitrogens with two attached hydrogens (primary N) is 1. The molecule has 7 nitrogen and oxygen atoms in total. The van der Waals surface area contributed by atoms with Gasteiger partial charge in [-0.15, -0.1) is 0 Å². The summed E-state index contributed by atoms with van der Waals surface area (Å²) >= 11 is 0. The largest absolute Gasteiger partial charge is 0.416 e. The number of allylic oxidation sites excluding steroid dienone is 3. The fourth-order valence-corrected chi connectivity index (χ4v) is 4.78. The van der Waals surface area contributed by atoms with Gasteiger partial charge in [-0.2, -0.15) is 18.4 Å². The fraction of sp³-hybridized carbons (Fsp3) is 0.280. The third-order valence-electron chi connectivity index (χ3n) is 6.23. The highest BCUT2D eigenvalue weighted by molar-refractivity contribution is 6.01. The fourth-order valence-electron chi connectivity index (χ4n) is 4.78. The number of nitro groups is 1. The van der Waals surface area contributed by atoms with E-state index in [2.05, 4.69) is 0 Å². The number of nitrogens with zero attached hydrogens (tertiary/aromatic N) is 3. The van der Waals surface area contributed by atoms with E-state index in [4.69, 9.17) is 5.73 Å². The summed E-state index contributed by atoms with van der Waals surface area (Å²) in [6.45, 7) is 3.72. The monoisotopic (exact) mass is 482 g/mol. The molecule has 0 radical (unpaired) electrons. The lowest BCUT2D eigenvalue weighted by atomic mass is 9.68. The van der Waals surface area contributed by atoms with Gasteiger partial charge < -0.3 is 5.73 Å². The number of carbonyl (C=O) groups excluding carboxylic acids is 1. The molecule has 0 bridgehead atoms. The maximum absolute atomic E-state index is 13.4. The number of anilines is 1. The Kier molecular flexibility index (Phi) is 5.67. The van der Waals surface area contributed by atoms with Gasteiger partial charge in [0.2, 0.25) is 0 Å². The standard InChI is InChI=1S/C25H21F3N4O3/c1-24(2)11-19-22(20(33)12-24)21(14-5-3-8-17(9-14)32(34)35)18(13-29)23(30)31(19)16-7-4-6-15(10-16)25(26,27)28/h3-10,21H,11-12,30H2,1-2H3/t21-/m0/s1. The smallest absolute Gasteiger partial charge is 0.384 e. The van der Waals surface area contributed by atoms with Crippen LogP contribution in [0.15, 0.2) is 71.2 Å². The van der Waals surface area contributed by atoms with Crippen LogP contribution in [0.1, 0.15) is 43.7 Å². The van der Waals surface area contributed by atoms with Crippen LogP contribution in [0.4, 0.5) is 24.5 Å². The molecule has 0 fully saturated rings. The maximum Gasteiger partial charge on any atom is 0.416 e. The molecule has 1 aliphatic heterocycles. The van der Waals surface area contributed by atoms with E-state index in [1.165, 1.54) is 35.2 Å². The van der Waals surface area contributed by atoms with Crippen molar-refractivity contribution in [2.24, 2.45) is 11.1 Å². The van der Waals surface area contributed by atoms with Crippen molar-refractivity contribution in [1.82, 2.24) is 0 Å². The molecule has 0 spiro atoms. The quantitative estimate of drug-likeness (QED) is 0.453. The van der Waals surface area contributed by atoms with Crippen LogP contribution in [-0.2, 0) is 11.0 Å². The van der Waals surface area contributed by atoms with Gasteiger partial charge in [-0.25, -0.2) is 0 Å². The Hall–Kier alpha value is -4.13. The van der Waals surface area contributed by atoms with Crippen LogP contribution < -0.4 is 10.6 Å². The van der Waals surface area contributed by atoms with E-state index in [0.717, 1.165) is 12.1 Å². The Morgan fingerprint density at radius 3 is 2.49 bits per heavy atom. The first-order chi connectivity index (χ1) is 16.3. The van der Waals surface area contributed by atoms with Gasteiger partial charge in [-0.3, -0.25) is 19.8 Å². The molecule has 0 saturated carbocycles. The maximum atomic E-state index is 13.4. The number of ketones is 1. The number of alkyl halides is 3. The van der Waals surface area contributed by atoms with Gasteiger partial charge in [-0.1, -0.05) is 32.0 Å². The average Bonchev–Trinajstić information content (AvgIpc) is 2.77. The molecular weight excluding hydrogens is 461 g/mol. The van der Waals surface area contributed by atoms with Gasteiger partial charge in [0.25, 0.3) is 5.69 Å². The molecule has 0 unspecified atom stereocenters. The molecule has 2 aliphatic rings. The predicted octanol–water partition coefficient (Wildman–Crippen LogP) is 5.55. The molecular formula is C25H21F3N4O3. The molecule has 1 heterocycles. The summed E-state index contributed by atoms with van der Waals surface area (Å²) in [6, 6.07) is 12.1. The highest BCUT2D eigenvalue weighted by atomic mass is 19.4. The Labute approximate surface area is 199 Å². The second kappa shape index (κ2) is 8.27. The van der Waals surface area contributed by atoms with Crippen molar-refractivity contribution in [3.8, 4) is 6.07 Å². The van der Waals surface area contributed by atoms with Gasteiger partial charge in [0, 0.05) is 35.5 Å². The third-order valence-corrected chi connectivity index (χ3v) is 6.23. The first kappa shape index (κ1) is 24.0. The van der Waals surface area contributed by atoms with Crippen molar-refractivity contribution >= 4 is 17.2 Å². The van der Waals surface area contributed by atoms with E-state index in [1.54, 1.807) is 6.07 Å². The summed E-state index contributed by atoms with van der Waals surface area (Å²) in [6.07, 6.45) is -4.16. The minimum absolute atomic E-state index is 0.0604. The summed E-state index contributed by atoms with van der Waals surface area (Å²) in [5, 5.41) is 21.4. The summed E-state index contributed by atoms with van der Waals surface area (Å²) in [5.41, 5.74) is 5.73. The molecule has 2 N–H and O–H groups in total.